The Morgan fingerprint density at radius 3 is 1.92 bits per heavy atom. The molecule has 0 aliphatic rings. The van der Waals surface area contributed by atoms with Crippen LogP contribution in [0, 0.1) is 0 Å². The fraction of sp³-hybridized carbons (Fsp3) is 0. The second-order valence-electron chi connectivity index (χ2n) is 7.15. The zero-order chi connectivity index (χ0) is 24.4. The van der Waals surface area contributed by atoms with Crippen molar-refractivity contribution in [1.82, 2.24) is 52.9 Å². The summed E-state index contributed by atoms with van der Waals surface area (Å²) in [6.07, 6.45) is 23.5. The van der Waals surface area contributed by atoms with Gasteiger partial charge in [-0.15, -0.1) is 0 Å². The van der Waals surface area contributed by atoms with E-state index >= 15 is 0 Å². The van der Waals surface area contributed by atoms with Crippen molar-refractivity contribution in [2.75, 3.05) is 0 Å². The van der Waals surface area contributed by atoms with Crippen molar-refractivity contribution in [3.8, 4) is 0 Å². The van der Waals surface area contributed by atoms with Gasteiger partial charge in [0.15, 0.2) is 11.3 Å². The maximum absolute atomic E-state index is 4.08. The fourth-order valence-electron chi connectivity index (χ4n) is 3.15. The molecule has 0 unspecified atom stereocenters. The van der Waals surface area contributed by atoms with E-state index < -0.39 is 0 Å². The third-order valence-electron chi connectivity index (χ3n) is 4.81. The highest BCUT2D eigenvalue weighted by atomic mass is 15.2. The molecule has 0 radical (unpaired) electrons. The van der Waals surface area contributed by atoms with Gasteiger partial charge in [0.05, 0.1) is 6.20 Å². The molecule has 0 bridgehead atoms. The Morgan fingerprint density at radius 1 is 0.389 bits per heavy atom. The highest BCUT2D eigenvalue weighted by molar-refractivity contribution is 5.37. The van der Waals surface area contributed by atoms with Crippen molar-refractivity contribution in [3.63, 3.8) is 0 Å². The van der Waals surface area contributed by atoms with E-state index in [4.69, 9.17) is 0 Å². The predicted octanol–water partition coefficient (Wildman–Crippen LogP) is 3.52. The molecule has 8 rings (SSSR count). The van der Waals surface area contributed by atoms with E-state index in [9.17, 15) is 0 Å². The summed E-state index contributed by atoms with van der Waals surface area (Å²) in [6, 6.07) is 15.3. The quantitative estimate of drug-likeness (QED) is 0.330. The van der Waals surface area contributed by atoms with Crippen LogP contribution in [0.25, 0.3) is 22.7 Å². The van der Waals surface area contributed by atoms with Crippen LogP contribution in [0.1, 0.15) is 0 Å². The smallest absolute Gasteiger partial charge is 0.233 e. The molecule has 0 aromatic carbocycles. The predicted molar refractivity (Wildman–Crippen MR) is 134 cm³/mol. The van der Waals surface area contributed by atoms with Gasteiger partial charge in [0.25, 0.3) is 0 Å². The lowest BCUT2D eigenvalue weighted by Gasteiger charge is -1.86. The van der Waals surface area contributed by atoms with Crippen LogP contribution in [0.5, 0.6) is 0 Å². The fourth-order valence-corrected chi connectivity index (χ4v) is 3.15. The summed E-state index contributed by atoms with van der Waals surface area (Å²) in [4.78, 5) is 20.1. The van der Waals surface area contributed by atoms with E-state index in [-0.39, 0.29) is 0 Å². The summed E-state index contributed by atoms with van der Waals surface area (Å²) in [5.74, 6) is 0.748. The highest BCUT2D eigenvalue weighted by Crippen LogP contribution is 1.97. The Morgan fingerprint density at radius 2 is 1.03 bits per heavy atom. The Kier molecular flexibility index (Phi) is 6.90. The van der Waals surface area contributed by atoms with Gasteiger partial charge in [-0.05, 0) is 36.4 Å². The lowest BCUT2D eigenvalue weighted by molar-refractivity contribution is 0.936. The summed E-state index contributed by atoms with van der Waals surface area (Å²) in [6.45, 7) is 0. The SMILES string of the molecule is c1ccn2ccnc2c1.c1cnc2ccnn2c1.c1cnc2nccn2c1.c1cnn2ccnc2c1. The number of nitrogens with zero attached hydrogens (tertiary/aromatic N) is 11. The average molecular weight is 476 g/mol. The zero-order valence-electron chi connectivity index (χ0n) is 19.0. The van der Waals surface area contributed by atoms with Gasteiger partial charge in [-0.2, -0.15) is 10.2 Å². The van der Waals surface area contributed by atoms with Crippen molar-refractivity contribution in [2.24, 2.45) is 0 Å². The molecule has 0 atom stereocenters. The number of hydrogen-bond donors (Lipinski definition) is 0. The minimum atomic E-state index is 0.748. The third-order valence-corrected chi connectivity index (χ3v) is 4.81. The molecule has 0 N–H and O–H groups in total. The van der Waals surface area contributed by atoms with E-state index in [2.05, 4.69) is 35.1 Å². The van der Waals surface area contributed by atoms with Crippen molar-refractivity contribution in [3.05, 3.63) is 129 Å². The van der Waals surface area contributed by atoms with Crippen molar-refractivity contribution in [2.45, 2.75) is 0 Å². The van der Waals surface area contributed by atoms with Crippen LogP contribution < -0.4 is 0 Å². The normalized spacial score (nSPS) is 10.2. The first kappa shape index (κ1) is 22.3. The minimum absolute atomic E-state index is 0.748. The Hall–Kier alpha value is -5.45. The summed E-state index contributed by atoms with van der Waals surface area (Å²) < 4.78 is 7.28. The zero-order valence-corrected chi connectivity index (χ0v) is 19.0. The molecule has 0 saturated heterocycles. The first-order valence-corrected chi connectivity index (χ1v) is 11.0. The number of aromatic nitrogens is 11. The standard InChI is InChI=1S/C7H6N2.3C6H5N3/c1-2-5-9-6-4-8-7(9)3-1;1-3-7-6-2-4-8-9(6)5-1;1-2-7-6-8-3-5-9(6)4-1;1-2-6-7-4-5-9(6)8-3-1/h1-6H;3*1-5H. The first-order valence-electron chi connectivity index (χ1n) is 11.0. The van der Waals surface area contributed by atoms with E-state index in [0.29, 0.717) is 0 Å². The molecular weight excluding hydrogens is 454 g/mol. The molecule has 8 aromatic rings. The van der Waals surface area contributed by atoms with Crippen molar-refractivity contribution in [1.29, 1.82) is 0 Å². The van der Waals surface area contributed by atoms with Gasteiger partial charge in [-0.25, -0.2) is 34.0 Å². The second-order valence-corrected chi connectivity index (χ2v) is 7.15. The number of hydrogen-bond acceptors (Lipinski definition) is 7. The van der Waals surface area contributed by atoms with Gasteiger partial charge in [-0.1, -0.05) is 6.07 Å². The number of rotatable bonds is 0. The average Bonchev–Trinajstić information content (AvgIpc) is 3.76. The highest BCUT2D eigenvalue weighted by Gasteiger charge is 1.89. The van der Waals surface area contributed by atoms with Crippen molar-refractivity contribution < 1.29 is 0 Å². The van der Waals surface area contributed by atoms with Crippen molar-refractivity contribution >= 4 is 22.7 Å². The molecule has 8 heterocycles. The molecule has 0 fully saturated rings. The second kappa shape index (κ2) is 11.1. The summed E-state index contributed by atoms with van der Waals surface area (Å²) in [7, 11) is 0. The number of imidazole rings is 3. The van der Waals surface area contributed by atoms with Gasteiger partial charge in [0, 0.05) is 80.4 Å². The maximum atomic E-state index is 4.08. The van der Waals surface area contributed by atoms with Crippen LogP contribution in [0.3, 0.4) is 0 Å². The van der Waals surface area contributed by atoms with Crippen LogP contribution in [0.2, 0.25) is 0 Å². The van der Waals surface area contributed by atoms with Crippen LogP contribution in [0.15, 0.2) is 129 Å². The lowest BCUT2D eigenvalue weighted by Crippen LogP contribution is -1.85. The topological polar surface area (TPSA) is 108 Å². The Labute approximate surface area is 205 Å². The monoisotopic (exact) mass is 475 g/mol. The Balaban J connectivity index is 0.0000000988. The van der Waals surface area contributed by atoms with Gasteiger partial charge in [-0.3, -0.25) is 4.40 Å². The molecule has 0 spiro atoms. The molecule has 11 nitrogen and oxygen atoms in total. The molecular formula is C25H21N11. The van der Waals surface area contributed by atoms with Crippen LogP contribution in [-0.2, 0) is 0 Å². The van der Waals surface area contributed by atoms with Gasteiger partial charge in [0.2, 0.25) is 5.78 Å². The third kappa shape index (κ3) is 5.54. The summed E-state index contributed by atoms with van der Waals surface area (Å²) in [5, 5.41) is 7.97. The largest absolute Gasteiger partial charge is 0.307 e. The molecule has 11 heteroatoms. The molecule has 0 saturated carbocycles. The molecule has 0 aliphatic carbocycles. The number of fused-ring (bicyclic) bond motifs is 4. The van der Waals surface area contributed by atoms with Gasteiger partial charge < -0.3 is 4.40 Å². The Bertz CT molecular complexity index is 1390. The summed E-state index contributed by atoms with van der Waals surface area (Å²) in [5.41, 5.74) is 2.77. The van der Waals surface area contributed by atoms with E-state index in [1.165, 1.54) is 0 Å². The molecule has 176 valence electrons. The lowest BCUT2D eigenvalue weighted by atomic mass is 10.5. The molecule has 0 amide bonds. The van der Waals surface area contributed by atoms with E-state index in [1.54, 1.807) is 52.4 Å². The van der Waals surface area contributed by atoms with Gasteiger partial charge in [0.1, 0.15) is 5.65 Å². The maximum Gasteiger partial charge on any atom is 0.233 e. The van der Waals surface area contributed by atoms with E-state index in [0.717, 1.165) is 22.7 Å². The molecule has 8 aromatic heterocycles. The van der Waals surface area contributed by atoms with Crippen LogP contribution in [0.4, 0.5) is 0 Å². The first-order chi connectivity index (χ1) is 17.9. The summed E-state index contributed by atoms with van der Waals surface area (Å²) >= 11 is 0. The minimum Gasteiger partial charge on any atom is -0.307 e. The molecule has 36 heavy (non-hydrogen) atoms. The van der Waals surface area contributed by atoms with E-state index in [1.807, 2.05) is 94.5 Å². The number of pyridine rings is 1. The van der Waals surface area contributed by atoms with Crippen LogP contribution >= 0.6 is 0 Å². The molecule has 0 aliphatic heterocycles. The van der Waals surface area contributed by atoms with Gasteiger partial charge >= 0.3 is 0 Å². The van der Waals surface area contributed by atoms with Crippen LogP contribution in [-0.4, -0.2) is 52.9 Å².